The van der Waals surface area contributed by atoms with Crippen LogP contribution < -0.4 is 5.32 Å². The number of hydrogen-bond acceptors (Lipinski definition) is 3. The zero-order valence-electron chi connectivity index (χ0n) is 9.14. The summed E-state index contributed by atoms with van der Waals surface area (Å²) in [5, 5.41) is 4.40. The van der Waals surface area contributed by atoms with Gasteiger partial charge in [-0.15, -0.1) is 23.2 Å². The summed E-state index contributed by atoms with van der Waals surface area (Å²) in [6.45, 7) is 5.97. The van der Waals surface area contributed by atoms with Crippen molar-refractivity contribution in [1.29, 1.82) is 0 Å². The van der Waals surface area contributed by atoms with Crippen LogP contribution in [0.25, 0.3) is 0 Å². The number of aromatic nitrogens is 1. The predicted molar refractivity (Wildman–Crippen MR) is 61.5 cm³/mol. The normalized spacial score (nSPS) is 12.0. The first-order chi connectivity index (χ1) is 6.69. The Morgan fingerprint density at radius 3 is 2.64 bits per heavy atom. The lowest BCUT2D eigenvalue weighted by Crippen LogP contribution is -2.15. The predicted octanol–water partition coefficient (Wildman–Crippen LogP) is 2.43. The topological polar surface area (TPSA) is 24.9 Å². The van der Waals surface area contributed by atoms with Crippen molar-refractivity contribution >= 4 is 11.3 Å². The highest BCUT2D eigenvalue weighted by molar-refractivity contribution is 7.11. The van der Waals surface area contributed by atoms with Gasteiger partial charge in [-0.2, -0.15) is 0 Å². The van der Waals surface area contributed by atoms with Crippen LogP contribution >= 0.6 is 11.3 Å². The molecule has 1 N–H and O–H groups in total. The van der Waals surface area contributed by atoms with Gasteiger partial charge in [-0.1, -0.05) is 0 Å². The van der Waals surface area contributed by atoms with Gasteiger partial charge in [-0.25, -0.2) is 4.98 Å². The second-order valence-electron chi connectivity index (χ2n) is 3.15. The lowest BCUT2D eigenvalue weighted by molar-refractivity contribution is 0.617. The highest BCUT2D eigenvalue weighted by Gasteiger charge is 2.14. The Morgan fingerprint density at radius 2 is 2.21 bits per heavy atom. The summed E-state index contributed by atoms with van der Waals surface area (Å²) >= 11 is 1.76. The lowest BCUT2D eigenvalue weighted by atomic mass is 10.1. The van der Waals surface area contributed by atoms with Gasteiger partial charge in [0.25, 0.3) is 0 Å². The molecule has 0 spiro atoms. The summed E-state index contributed by atoms with van der Waals surface area (Å²) in [7, 11) is 1.97. The molecule has 1 unspecified atom stereocenters. The van der Waals surface area contributed by atoms with E-state index in [2.05, 4.69) is 29.1 Å². The van der Waals surface area contributed by atoms with Crippen molar-refractivity contribution in [3.63, 3.8) is 0 Å². The molecule has 0 radical (unpaired) electrons. The molecule has 0 amide bonds. The smallest absolute Gasteiger partial charge is 0.0900 e. The molecule has 0 aliphatic carbocycles. The van der Waals surface area contributed by atoms with Gasteiger partial charge >= 0.3 is 0 Å². The van der Waals surface area contributed by atoms with Crippen LogP contribution in [-0.2, 0) is 0 Å². The van der Waals surface area contributed by atoms with E-state index < -0.39 is 0 Å². The molecule has 0 fully saturated rings. The molecule has 0 aliphatic rings. The average molecular weight is 208 g/mol. The Bertz CT molecular complexity index is 357. The maximum Gasteiger partial charge on any atom is 0.0900 e. The summed E-state index contributed by atoms with van der Waals surface area (Å²) in [5.41, 5.74) is 1.13. The largest absolute Gasteiger partial charge is 0.311 e. The number of hydrogen-bond donors (Lipinski definition) is 1. The van der Waals surface area contributed by atoms with E-state index in [9.17, 15) is 0 Å². The van der Waals surface area contributed by atoms with E-state index in [1.807, 2.05) is 20.9 Å². The number of aryl methyl sites for hydroxylation is 2. The second kappa shape index (κ2) is 5.14. The number of thiazole rings is 1. The van der Waals surface area contributed by atoms with E-state index >= 15 is 0 Å². The Labute approximate surface area is 89.8 Å². The van der Waals surface area contributed by atoms with E-state index in [4.69, 9.17) is 0 Å². The van der Waals surface area contributed by atoms with Crippen molar-refractivity contribution in [2.75, 3.05) is 7.05 Å². The molecule has 0 aromatic carbocycles. The first kappa shape index (κ1) is 11.2. The molecule has 14 heavy (non-hydrogen) atoms. The zero-order valence-corrected chi connectivity index (χ0v) is 9.96. The third-order valence-electron chi connectivity index (χ3n) is 2.09. The number of nitrogens with one attached hydrogen (secondary N) is 1. The molecule has 0 saturated heterocycles. The molecule has 2 nitrogen and oxygen atoms in total. The Morgan fingerprint density at radius 1 is 1.50 bits per heavy atom. The van der Waals surface area contributed by atoms with Crippen molar-refractivity contribution in [2.45, 2.75) is 33.2 Å². The molecular formula is C11H16N2S. The lowest BCUT2D eigenvalue weighted by Gasteiger charge is -2.11. The van der Waals surface area contributed by atoms with Crippen molar-refractivity contribution in [2.24, 2.45) is 0 Å². The molecule has 1 aromatic heterocycles. The van der Waals surface area contributed by atoms with Gasteiger partial charge in [0.15, 0.2) is 0 Å². The molecule has 1 heterocycles. The minimum Gasteiger partial charge on any atom is -0.311 e. The monoisotopic (exact) mass is 208 g/mol. The molecule has 3 heteroatoms. The SMILES string of the molecule is CC#CCC(NC)c1sc(C)nc1C. The van der Waals surface area contributed by atoms with Gasteiger partial charge in [-0.3, -0.25) is 0 Å². The zero-order chi connectivity index (χ0) is 10.6. The molecule has 76 valence electrons. The molecule has 1 aromatic rings. The summed E-state index contributed by atoms with van der Waals surface area (Å²) < 4.78 is 0. The van der Waals surface area contributed by atoms with E-state index in [1.165, 1.54) is 4.88 Å². The quantitative estimate of drug-likeness (QED) is 0.772. The van der Waals surface area contributed by atoms with E-state index in [0.717, 1.165) is 17.1 Å². The van der Waals surface area contributed by atoms with Gasteiger partial charge in [0, 0.05) is 11.3 Å². The van der Waals surface area contributed by atoms with Gasteiger partial charge < -0.3 is 5.32 Å². The van der Waals surface area contributed by atoms with Crippen LogP contribution in [0.2, 0.25) is 0 Å². The second-order valence-corrected chi connectivity index (χ2v) is 4.39. The van der Waals surface area contributed by atoms with Crippen LogP contribution in [0.4, 0.5) is 0 Å². The fourth-order valence-corrected chi connectivity index (χ4v) is 2.44. The fraction of sp³-hybridized carbons (Fsp3) is 0.545. The minimum atomic E-state index is 0.327. The molecule has 1 rings (SSSR count). The molecule has 0 aliphatic heterocycles. The fourth-order valence-electron chi connectivity index (χ4n) is 1.40. The van der Waals surface area contributed by atoms with E-state index in [-0.39, 0.29) is 0 Å². The first-order valence-electron chi connectivity index (χ1n) is 4.69. The van der Waals surface area contributed by atoms with E-state index in [1.54, 1.807) is 11.3 Å². The Kier molecular flexibility index (Phi) is 4.12. The van der Waals surface area contributed by atoms with Gasteiger partial charge in [0.2, 0.25) is 0 Å². The maximum atomic E-state index is 4.42. The molecule has 1 atom stereocenters. The summed E-state index contributed by atoms with van der Waals surface area (Å²) in [6, 6.07) is 0.327. The van der Waals surface area contributed by atoms with Crippen molar-refractivity contribution < 1.29 is 0 Å². The van der Waals surface area contributed by atoms with E-state index in [0.29, 0.717) is 6.04 Å². The summed E-state index contributed by atoms with van der Waals surface area (Å²) in [5.74, 6) is 6.02. The minimum absolute atomic E-state index is 0.327. The average Bonchev–Trinajstić information content (AvgIpc) is 2.47. The summed E-state index contributed by atoms with van der Waals surface area (Å²) in [4.78, 5) is 5.73. The number of rotatable bonds is 3. The van der Waals surface area contributed by atoms with Crippen molar-refractivity contribution in [1.82, 2.24) is 10.3 Å². The number of nitrogens with zero attached hydrogens (tertiary/aromatic N) is 1. The Hall–Kier alpha value is -0.850. The molecule has 0 saturated carbocycles. The van der Waals surface area contributed by atoms with Crippen LogP contribution in [0.3, 0.4) is 0 Å². The van der Waals surface area contributed by atoms with Gasteiger partial charge in [0.1, 0.15) is 0 Å². The van der Waals surface area contributed by atoms with Crippen LogP contribution in [-0.4, -0.2) is 12.0 Å². The van der Waals surface area contributed by atoms with Crippen LogP contribution in [0.5, 0.6) is 0 Å². The first-order valence-corrected chi connectivity index (χ1v) is 5.51. The summed E-state index contributed by atoms with van der Waals surface area (Å²) in [6.07, 6.45) is 0.857. The van der Waals surface area contributed by atoms with Crippen LogP contribution in [0.15, 0.2) is 0 Å². The standard InChI is InChI=1S/C11H16N2S/c1-5-6-7-10(12-4)11-8(2)13-9(3)14-11/h10,12H,7H2,1-4H3. The third-order valence-corrected chi connectivity index (χ3v) is 3.27. The Balaban J connectivity index is 2.86. The molecule has 0 bridgehead atoms. The third kappa shape index (κ3) is 2.57. The molecular weight excluding hydrogens is 192 g/mol. The highest BCUT2D eigenvalue weighted by atomic mass is 32.1. The highest BCUT2D eigenvalue weighted by Crippen LogP contribution is 2.26. The maximum absolute atomic E-state index is 4.42. The van der Waals surface area contributed by atoms with Gasteiger partial charge in [0.05, 0.1) is 16.7 Å². The van der Waals surface area contributed by atoms with Crippen LogP contribution in [0.1, 0.15) is 35.0 Å². The van der Waals surface area contributed by atoms with Gasteiger partial charge in [-0.05, 0) is 27.8 Å². The van der Waals surface area contributed by atoms with Crippen LogP contribution in [0, 0.1) is 25.7 Å². The van der Waals surface area contributed by atoms with Crippen molar-refractivity contribution in [3.8, 4) is 11.8 Å². The van der Waals surface area contributed by atoms with Crippen molar-refractivity contribution in [3.05, 3.63) is 15.6 Å².